The van der Waals surface area contributed by atoms with Crippen LogP contribution in [0.3, 0.4) is 0 Å². The second-order valence-electron chi connectivity index (χ2n) is 5.73. The number of rotatable bonds is 4. The van der Waals surface area contributed by atoms with Gasteiger partial charge in [-0.3, -0.25) is 19.2 Å². The number of H-pyrrole nitrogens is 2. The summed E-state index contributed by atoms with van der Waals surface area (Å²) in [7, 11) is 1.53. The van der Waals surface area contributed by atoms with Crippen LogP contribution in [-0.2, 0) is 9.59 Å². The minimum Gasteiger partial charge on any atom is -0.357 e. The molecule has 1 aromatic rings. The lowest BCUT2D eigenvalue weighted by atomic mass is 10.0. The number of hydrogen-bond donors (Lipinski definition) is 3. The molecule has 2 atom stereocenters. The summed E-state index contributed by atoms with van der Waals surface area (Å²) >= 11 is 0. The van der Waals surface area contributed by atoms with E-state index >= 15 is 0 Å². The number of carbonyl (C=O) groups excluding carboxylic acids is 2. The molecular weight excluding hydrogens is 290 g/mol. The van der Waals surface area contributed by atoms with Crippen molar-refractivity contribution in [3.8, 4) is 0 Å². The van der Waals surface area contributed by atoms with Gasteiger partial charge in [-0.25, -0.2) is 15.0 Å². The van der Waals surface area contributed by atoms with Crippen LogP contribution in [0.4, 0.5) is 0 Å². The van der Waals surface area contributed by atoms with Crippen molar-refractivity contribution in [3.63, 3.8) is 0 Å². The van der Waals surface area contributed by atoms with Crippen molar-refractivity contribution < 1.29 is 9.59 Å². The Morgan fingerprint density at radius 2 is 2.00 bits per heavy atom. The second kappa shape index (κ2) is 6.20. The molecule has 2 rings (SSSR count). The third kappa shape index (κ3) is 2.70. The first-order chi connectivity index (χ1) is 10.4. The highest BCUT2D eigenvalue weighted by molar-refractivity contribution is 5.89. The number of nitrogens with zero attached hydrogens (tertiary/aromatic N) is 2. The highest BCUT2D eigenvalue weighted by atomic mass is 16.2. The van der Waals surface area contributed by atoms with Crippen LogP contribution in [0.2, 0.25) is 0 Å². The van der Waals surface area contributed by atoms with Gasteiger partial charge < -0.3 is 10.2 Å². The van der Waals surface area contributed by atoms with Crippen molar-refractivity contribution in [2.45, 2.75) is 38.8 Å². The molecule has 9 heteroatoms. The average molecular weight is 311 g/mol. The van der Waals surface area contributed by atoms with E-state index in [9.17, 15) is 19.2 Å². The Morgan fingerprint density at radius 3 is 2.50 bits per heavy atom. The lowest BCUT2D eigenvalue weighted by molar-refractivity contribution is -0.142. The number of likely N-dealkylation sites (tertiary alicyclic amines) is 1. The number of hydrogen-bond acceptors (Lipinski definition) is 4. The summed E-state index contributed by atoms with van der Waals surface area (Å²) in [5.41, 5.74) is -1.61. The van der Waals surface area contributed by atoms with E-state index in [2.05, 4.69) is 15.6 Å². The van der Waals surface area contributed by atoms with Crippen LogP contribution in [0.15, 0.2) is 9.59 Å². The fraction of sp³-hybridized carbons (Fsp3) is 0.692. The van der Waals surface area contributed by atoms with E-state index in [1.54, 1.807) is 13.8 Å². The topological polar surface area (TPSA) is 120 Å². The SMILES string of the molecule is CNC(=O)C1CCCN1C(=O)C(C(C)C)n1[nH][nH]c(=O)c1=O. The van der Waals surface area contributed by atoms with Crippen LogP contribution in [0.25, 0.3) is 0 Å². The number of likely N-dealkylation sites (N-methyl/N-ethyl adjacent to an activating group) is 1. The van der Waals surface area contributed by atoms with Gasteiger partial charge in [0.2, 0.25) is 11.8 Å². The quantitative estimate of drug-likeness (QED) is 0.605. The Kier molecular flexibility index (Phi) is 4.53. The molecule has 1 aliphatic heterocycles. The maximum atomic E-state index is 12.8. The lowest BCUT2D eigenvalue weighted by Crippen LogP contribution is -2.49. The number of carbonyl (C=O) groups is 2. The number of aromatic nitrogens is 3. The van der Waals surface area contributed by atoms with Gasteiger partial charge in [0.15, 0.2) is 0 Å². The van der Waals surface area contributed by atoms with Gasteiger partial charge in [0.25, 0.3) is 0 Å². The summed E-state index contributed by atoms with van der Waals surface area (Å²) in [6, 6.07) is -1.38. The van der Waals surface area contributed by atoms with E-state index in [1.165, 1.54) is 11.9 Å². The van der Waals surface area contributed by atoms with Crippen LogP contribution < -0.4 is 16.4 Å². The van der Waals surface area contributed by atoms with E-state index in [0.29, 0.717) is 13.0 Å². The number of nitrogens with one attached hydrogen (secondary N) is 3. The molecule has 3 N–H and O–H groups in total. The van der Waals surface area contributed by atoms with Crippen molar-refractivity contribution in [2.24, 2.45) is 5.92 Å². The van der Waals surface area contributed by atoms with Gasteiger partial charge in [-0.1, -0.05) is 13.8 Å². The van der Waals surface area contributed by atoms with Crippen molar-refractivity contribution >= 4 is 11.8 Å². The summed E-state index contributed by atoms with van der Waals surface area (Å²) in [5.74, 6) is -0.774. The zero-order valence-corrected chi connectivity index (χ0v) is 12.9. The van der Waals surface area contributed by atoms with E-state index in [4.69, 9.17) is 0 Å². The molecule has 1 fully saturated rings. The van der Waals surface area contributed by atoms with Crippen LogP contribution in [0, 0.1) is 5.92 Å². The van der Waals surface area contributed by atoms with Gasteiger partial charge in [-0.2, -0.15) is 0 Å². The molecule has 0 radical (unpaired) electrons. The molecule has 1 aliphatic rings. The third-order valence-corrected chi connectivity index (χ3v) is 3.95. The first-order valence-corrected chi connectivity index (χ1v) is 7.29. The highest BCUT2D eigenvalue weighted by Gasteiger charge is 2.39. The molecule has 1 saturated heterocycles. The minimum atomic E-state index is -0.850. The Hall–Kier alpha value is -2.32. The van der Waals surface area contributed by atoms with Crippen LogP contribution in [0.1, 0.15) is 32.7 Å². The molecule has 0 saturated carbocycles. The summed E-state index contributed by atoms with van der Waals surface area (Å²) in [6.45, 7) is 4.03. The smallest absolute Gasteiger partial charge is 0.333 e. The van der Waals surface area contributed by atoms with Crippen molar-refractivity contribution in [2.75, 3.05) is 13.6 Å². The van der Waals surface area contributed by atoms with Gasteiger partial charge in [-0.15, -0.1) is 0 Å². The average Bonchev–Trinajstić information content (AvgIpc) is 3.08. The largest absolute Gasteiger partial charge is 0.357 e. The molecule has 0 aliphatic carbocycles. The Morgan fingerprint density at radius 1 is 1.32 bits per heavy atom. The molecule has 122 valence electrons. The summed E-state index contributed by atoms with van der Waals surface area (Å²) < 4.78 is 1.01. The molecular formula is C13H21N5O4. The monoisotopic (exact) mass is 311 g/mol. The maximum Gasteiger partial charge on any atom is 0.333 e. The van der Waals surface area contributed by atoms with Gasteiger partial charge in [0.05, 0.1) is 0 Å². The predicted octanol–water partition coefficient (Wildman–Crippen LogP) is -1.20. The fourth-order valence-corrected chi connectivity index (χ4v) is 2.85. The zero-order chi connectivity index (χ0) is 16.4. The van der Waals surface area contributed by atoms with E-state index < -0.39 is 23.2 Å². The van der Waals surface area contributed by atoms with Gasteiger partial charge in [0.1, 0.15) is 12.1 Å². The van der Waals surface area contributed by atoms with Gasteiger partial charge in [-0.05, 0) is 18.8 Å². The van der Waals surface area contributed by atoms with Crippen molar-refractivity contribution in [3.05, 3.63) is 20.7 Å². The predicted molar refractivity (Wildman–Crippen MR) is 78.4 cm³/mol. The molecule has 0 aromatic carbocycles. The second-order valence-corrected chi connectivity index (χ2v) is 5.73. The lowest BCUT2D eigenvalue weighted by Gasteiger charge is -2.29. The van der Waals surface area contributed by atoms with Crippen LogP contribution >= 0.6 is 0 Å². The van der Waals surface area contributed by atoms with Crippen molar-refractivity contribution in [1.82, 2.24) is 25.2 Å². The van der Waals surface area contributed by atoms with E-state index in [-0.39, 0.29) is 17.7 Å². The molecule has 9 nitrogen and oxygen atoms in total. The zero-order valence-electron chi connectivity index (χ0n) is 12.9. The fourth-order valence-electron chi connectivity index (χ4n) is 2.85. The first-order valence-electron chi connectivity index (χ1n) is 7.29. The normalized spacial score (nSPS) is 19.5. The summed E-state index contributed by atoms with van der Waals surface area (Å²) in [5, 5.41) is 7.17. The molecule has 1 aromatic heterocycles. The first kappa shape index (κ1) is 16.1. The molecule has 0 bridgehead atoms. The van der Waals surface area contributed by atoms with E-state index in [0.717, 1.165) is 11.1 Å². The molecule has 0 spiro atoms. The standard InChI is InChI=1S/C13H21N5O4/c1-7(2)9(18-13(22)11(20)15-16-18)12(21)17-6-4-5-8(17)10(19)14-3/h7-9,16H,4-6H2,1-3H3,(H,14,19)(H,15,20). The Bertz CT molecular complexity index is 670. The molecule has 2 amide bonds. The molecule has 22 heavy (non-hydrogen) atoms. The van der Waals surface area contributed by atoms with Gasteiger partial charge >= 0.3 is 11.1 Å². The van der Waals surface area contributed by atoms with E-state index in [1.807, 2.05) is 0 Å². The molecule has 2 unspecified atom stereocenters. The minimum absolute atomic E-state index is 0.219. The third-order valence-electron chi connectivity index (χ3n) is 3.95. The van der Waals surface area contributed by atoms with Crippen LogP contribution in [-0.4, -0.2) is 51.3 Å². The summed E-state index contributed by atoms with van der Waals surface area (Å²) in [6.07, 6.45) is 1.32. The summed E-state index contributed by atoms with van der Waals surface area (Å²) in [4.78, 5) is 49.4. The highest BCUT2D eigenvalue weighted by Crippen LogP contribution is 2.24. The van der Waals surface area contributed by atoms with Crippen molar-refractivity contribution in [1.29, 1.82) is 0 Å². The number of amides is 2. The van der Waals surface area contributed by atoms with Gasteiger partial charge in [0, 0.05) is 13.6 Å². The molecule has 2 heterocycles. The Labute approximate surface area is 126 Å². The maximum absolute atomic E-state index is 12.8. The Balaban J connectivity index is 2.35. The van der Waals surface area contributed by atoms with Crippen LogP contribution in [0.5, 0.6) is 0 Å². The number of aromatic amines is 2.